The lowest BCUT2D eigenvalue weighted by Crippen LogP contribution is -2.19. The van der Waals surface area contributed by atoms with Gasteiger partial charge in [0, 0.05) is 12.0 Å². The predicted octanol–water partition coefficient (Wildman–Crippen LogP) is 2.47. The van der Waals surface area contributed by atoms with Crippen molar-refractivity contribution < 1.29 is 0 Å². The highest BCUT2D eigenvalue weighted by Crippen LogP contribution is 2.56. The molecule has 2 aromatic rings. The first-order chi connectivity index (χ1) is 7.78. The van der Waals surface area contributed by atoms with Gasteiger partial charge in [-0.15, -0.1) is 11.3 Å². The number of thiazole rings is 1. The zero-order chi connectivity index (χ0) is 10.8. The van der Waals surface area contributed by atoms with E-state index in [1.54, 1.807) is 0 Å². The first-order valence-electron chi connectivity index (χ1n) is 5.86. The number of piperidine rings is 1. The largest absolute Gasteiger partial charge is 0.316 e. The van der Waals surface area contributed by atoms with Gasteiger partial charge in [-0.3, -0.25) is 0 Å². The molecule has 2 nitrogen and oxygen atoms in total. The third-order valence-electron chi connectivity index (χ3n) is 4.13. The maximum atomic E-state index is 4.52. The summed E-state index contributed by atoms with van der Waals surface area (Å²) in [4.78, 5) is 4.52. The minimum absolute atomic E-state index is 0.478. The Labute approximate surface area is 98.7 Å². The molecule has 2 aliphatic rings. The van der Waals surface area contributed by atoms with Crippen molar-refractivity contribution in [1.82, 2.24) is 10.3 Å². The van der Waals surface area contributed by atoms with Crippen molar-refractivity contribution in [3.8, 4) is 0 Å². The second-order valence-corrected chi connectivity index (χ2v) is 6.34. The van der Waals surface area contributed by atoms with Gasteiger partial charge in [-0.2, -0.15) is 0 Å². The molecule has 1 aromatic heterocycles. The van der Waals surface area contributed by atoms with Crippen molar-refractivity contribution in [2.45, 2.75) is 18.8 Å². The van der Waals surface area contributed by atoms with Crippen molar-refractivity contribution in [2.24, 2.45) is 5.92 Å². The van der Waals surface area contributed by atoms with E-state index in [1.165, 1.54) is 34.8 Å². The van der Waals surface area contributed by atoms with Crippen molar-refractivity contribution in [1.29, 1.82) is 0 Å². The van der Waals surface area contributed by atoms with Gasteiger partial charge in [-0.1, -0.05) is 6.07 Å². The molecule has 16 heavy (non-hydrogen) atoms. The van der Waals surface area contributed by atoms with Crippen molar-refractivity contribution in [3.05, 3.63) is 28.8 Å². The van der Waals surface area contributed by atoms with Crippen LogP contribution in [0.5, 0.6) is 0 Å². The molecule has 1 aromatic carbocycles. The summed E-state index contributed by atoms with van der Waals surface area (Å²) < 4.78 is 1.35. The van der Waals surface area contributed by atoms with Gasteiger partial charge in [0.1, 0.15) is 0 Å². The number of aryl methyl sites for hydroxylation is 1. The fraction of sp³-hybridized carbons (Fsp3) is 0.462. The molecule has 0 amide bonds. The second kappa shape index (κ2) is 2.84. The molecular weight excluding hydrogens is 216 g/mol. The van der Waals surface area contributed by atoms with E-state index in [9.17, 15) is 0 Å². The summed E-state index contributed by atoms with van der Waals surface area (Å²) in [5.41, 5.74) is 3.16. The number of fused-ring (bicyclic) bond motifs is 2. The van der Waals surface area contributed by atoms with Crippen LogP contribution in [-0.4, -0.2) is 18.1 Å². The van der Waals surface area contributed by atoms with Crippen LogP contribution in [0.2, 0.25) is 0 Å². The molecule has 0 spiro atoms. The minimum Gasteiger partial charge on any atom is -0.316 e. The first kappa shape index (κ1) is 9.14. The Bertz CT molecular complexity index is 574. The number of rotatable bonds is 1. The quantitative estimate of drug-likeness (QED) is 0.814. The molecule has 1 aliphatic carbocycles. The third-order valence-corrected chi connectivity index (χ3v) is 5.07. The monoisotopic (exact) mass is 230 g/mol. The van der Waals surface area contributed by atoms with Crippen LogP contribution in [0.3, 0.4) is 0 Å². The fourth-order valence-electron chi connectivity index (χ4n) is 3.14. The molecular formula is C13H14N2S. The first-order valence-corrected chi connectivity index (χ1v) is 6.68. The molecule has 0 unspecified atom stereocenters. The predicted molar refractivity (Wildman–Crippen MR) is 67.0 cm³/mol. The van der Waals surface area contributed by atoms with Gasteiger partial charge in [-0.05, 0) is 43.5 Å². The number of benzene rings is 1. The summed E-state index contributed by atoms with van der Waals surface area (Å²) >= 11 is 1.81. The highest BCUT2D eigenvalue weighted by molar-refractivity contribution is 7.18. The number of hydrogen-bond acceptors (Lipinski definition) is 3. The van der Waals surface area contributed by atoms with E-state index in [4.69, 9.17) is 0 Å². The maximum absolute atomic E-state index is 4.52. The zero-order valence-corrected chi connectivity index (χ0v) is 10.1. The van der Waals surface area contributed by atoms with Gasteiger partial charge >= 0.3 is 0 Å². The second-order valence-electron chi connectivity index (χ2n) is 5.10. The van der Waals surface area contributed by atoms with Crippen LogP contribution in [0.1, 0.15) is 17.0 Å². The van der Waals surface area contributed by atoms with Crippen LogP contribution in [0.4, 0.5) is 0 Å². The molecule has 0 bridgehead atoms. The SMILES string of the molecule is Cc1nc2ccc([C@@]34CNC[C@@H]3C4)cc2s1. The van der Waals surface area contributed by atoms with E-state index >= 15 is 0 Å². The number of nitrogens with one attached hydrogen (secondary N) is 1. The summed E-state index contributed by atoms with van der Waals surface area (Å²) in [6.07, 6.45) is 1.38. The van der Waals surface area contributed by atoms with Gasteiger partial charge in [-0.25, -0.2) is 4.98 Å². The van der Waals surface area contributed by atoms with Crippen molar-refractivity contribution in [3.63, 3.8) is 0 Å². The number of aromatic nitrogens is 1. The lowest BCUT2D eigenvalue weighted by atomic mass is 9.95. The molecule has 2 fully saturated rings. The number of nitrogens with zero attached hydrogens (tertiary/aromatic N) is 1. The summed E-state index contributed by atoms with van der Waals surface area (Å²) in [5, 5.41) is 4.67. The molecule has 2 heterocycles. The zero-order valence-electron chi connectivity index (χ0n) is 9.29. The molecule has 1 N–H and O–H groups in total. The lowest BCUT2D eigenvalue weighted by Gasteiger charge is -2.11. The van der Waals surface area contributed by atoms with Crippen LogP contribution in [0, 0.1) is 12.8 Å². The summed E-state index contributed by atoms with van der Waals surface area (Å²) in [7, 11) is 0. The lowest BCUT2D eigenvalue weighted by molar-refractivity contribution is 0.676. The van der Waals surface area contributed by atoms with Gasteiger partial charge in [0.2, 0.25) is 0 Å². The molecule has 0 radical (unpaired) electrons. The summed E-state index contributed by atoms with van der Waals surface area (Å²) in [6.45, 7) is 4.46. The average molecular weight is 230 g/mol. The van der Waals surface area contributed by atoms with Crippen LogP contribution in [-0.2, 0) is 5.41 Å². The molecule has 4 rings (SSSR count). The Morgan fingerprint density at radius 3 is 3.19 bits per heavy atom. The summed E-state index contributed by atoms with van der Waals surface area (Å²) in [5.74, 6) is 0.888. The standard InChI is InChI=1S/C13H14N2S/c1-8-15-11-3-2-9(4-12(11)16-8)13-5-10(13)6-14-7-13/h2-4,10,14H,5-7H2,1H3/t10-,13+/m0/s1. The Morgan fingerprint density at radius 1 is 1.50 bits per heavy atom. The Balaban J connectivity index is 1.86. The molecule has 1 aliphatic heterocycles. The fourth-order valence-corrected chi connectivity index (χ4v) is 4.01. The van der Waals surface area contributed by atoms with Crippen molar-refractivity contribution >= 4 is 21.6 Å². The van der Waals surface area contributed by atoms with Gasteiger partial charge in [0.15, 0.2) is 0 Å². The minimum atomic E-state index is 0.478. The topological polar surface area (TPSA) is 24.9 Å². The van der Waals surface area contributed by atoms with Crippen LogP contribution in [0.25, 0.3) is 10.2 Å². The molecule has 82 valence electrons. The molecule has 2 atom stereocenters. The smallest absolute Gasteiger partial charge is 0.0907 e. The van der Waals surface area contributed by atoms with Gasteiger partial charge in [0.05, 0.1) is 15.2 Å². The Morgan fingerprint density at radius 2 is 2.44 bits per heavy atom. The number of hydrogen-bond donors (Lipinski definition) is 1. The van der Waals surface area contributed by atoms with Gasteiger partial charge < -0.3 is 5.32 Å². The van der Waals surface area contributed by atoms with E-state index in [2.05, 4.69) is 35.4 Å². The molecule has 3 heteroatoms. The third kappa shape index (κ3) is 1.08. The highest BCUT2D eigenvalue weighted by Gasteiger charge is 2.57. The summed E-state index contributed by atoms with van der Waals surface area (Å²) in [6, 6.07) is 6.85. The molecule has 1 saturated heterocycles. The van der Waals surface area contributed by atoms with E-state index < -0.39 is 0 Å². The van der Waals surface area contributed by atoms with Crippen molar-refractivity contribution in [2.75, 3.05) is 13.1 Å². The normalized spacial score (nSPS) is 31.9. The average Bonchev–Trinajstić information content (AvgIpc) is 2.68. The van der Waals surface area contributed by atoms with E-state index in [-0.39, 0.29) is 0 Å². The maximum Gasteiger partial charge on any atom is 0.0907 e. The van der Waals surface area contributed by atoms with Gasteiger partial charge in [0.25, 0.3) is 0 Å². The van der Waals surface area contributed by atoms with Crippen LogP contribution in [0.15, 0.2) is 18.2 Å². The molecule has 1 saturated carbocycles. The van der Waals surface area contributed by atoms with E-state index in [0.717, 1.165) is 11.4 Å². The Kier molecular flexibility index (Phi) is 1.62. The van der Waals surface area contributed by atoms with E-state index in [0.29, 0.717) is 5.41 Å². The Hall–Kier alpha value is -0.930. The highest BCUT2D eigenvalue weighted by atomic mass is 32.1. The van der Waals surface area contributed by atoms with Crippen LogP contribution < -0.4 is 5.32 Å². The van der Waals surface area contributed by atoms with Crippen LogP contribution >= 0.6 is 11.3 Å². The van der Waals surface area contributed by atoms with E-state index in [1.807, 2.05) is 11.3 Å².